The highest BCUT2D eigenvalue weighted by atomic mass is 16.1. The summed E-state index contributed by atoms with van der Waals surface area (Å²) in [6.45, 7) is 0. The number of nitrogens with zero attached hydrogens (tertiary/aromatic N) is 3. The average molecular weight is 141 g/mol. The smallest absolute Gasteiger partial charge is 0.243 e. The van der Waals surface area contributed by atoms with Gasteiger partial charge in [-0.3, -0.25) is 10.2 Å². The van der Waals surface area contributed by atoms with Crippen molar-refractivity contribution in [2.75, 3.05) is 17.8 Å². The molecule has 10 heavy (non-hydrogen) atoms. The lowest BCUT2D eigenvalue weighted by atomic mass is 11.0. The van der Waals surface area contributed by atoms with Crippen LogP contribution < -0.4 is 10.7 Å². The summed E-state index contributed by atoms with van der Waals surface area (Å²) in [4.78, 5) is 9.93. The van der Waals surface area contributed by atoms with Gasteiger partial charge < -0.3 is 5.32 Å². The molecule has 0 fully saturated rings. The summed E-state index contributed by atoms with van der Waals surface area (Å²) in [6, 6.07) is 0. The maximum Gasteiger partial charge on any atom is 0.243 e. The molecule has 1 amide bonds. The zero-order valence-corrected chi connectivity index (χ0v) is 5.40. The van der Waals surface area contributed by atoms with Crippen molar-refractivity contribution in [1.82, 2.24) is 14.9 Å². The molecule has 0 aromatic carbocycles. The number of nitrogens with one attached hydrogen (secondary N) is 2. The van der Waals surface area contributed by atoms with E-state index < -0.39 is 0 Å². The van der Waals surface area contributed by atoms with Gasteiger partial charge in [0.1, 0.15) is 6.33 Å². The lowest BCUT2D eigenvalue weighted by molar-refractivity contribution is -0.106. The Morgan fingerprint density at radius 3 is 3.20 bits per heavy atom. The van der Waals surface area contributed by atoms with Crippen molar-refractivity contribution in [2.24, 2.45) is 0 Å². The molecule has 0 saturated carbocycles. The molecular weight excluding hydrogens is 134 g/mol. The highest BCUT2D eigenvalue weighted by Gasteiger charge is 1.96. The van der Waals surface area contributed by atoms with E-state index in [2.05, 4.69) is 20.9 Å². The molecular formula is C4H7N5O. The van der Waals surface area contributed by atoms with E-state index in [9.17, 15) is 4.79 Å². The van der Waals surface area contributed by atoms with Crippen LogP contribution in [-0.4, -0.2) is 28.3 Å². The number of carbonyl (C=O) groups excluding carboxylic acids is 1. The van der Waals surface area contributed by atoms with Gasteiger partial charge >= 0.3 is 0 Å². The number of hydrogen-bond acceptors (Lipinski definition) is 4. The van der Waals surface area contributed by atoms with Gasteiger partial charge in [-0.25, -0.2) is 4.68 Å². The van der Waals surface area contributed by atoms with E-state index in [1.165, 1.54) is 11.0 Å². The Bertz CT molecular complexity index is 219. The molecule has 0 aliphatic heterocycles. The molecule has 6 nitrogen and oxygen atoms in total. The van der Waals surface area contributed by atoms with Crippen LogP contribution in [0.25, 0.3) is 0 Å². The first-order valence-corrected chi connectivity index (χ1v) is 2.66. The molecule has 1 heterocycles. The predicted octanol–water partition coefficient (Wildman–Crippen LogP) is -0.980. The highest BCUT2D eigenvalue weighted by Crippen LogP contribution is 1.94. The SMILES string of the molecule is CNc1nncn1NC=O. The van der Waals surface area contributed by atoms with Gasteiger partial charge in [0, 0.05) is 7.05 Å². The number of hydrogen-bond donors (Lipinski definition) is 2. The number of anilines is 1. The first-order valence-electron chi connectivity index (χ1n) is 2.66. The van der Waals surface area contributed by atoms with Crippen molar-refractivity contribution in [3.8, 4) is 0 Å². The first kappa shape index (κ1) is 6.53. The van der Waals surface area contributed by atoms with E-state index in [1.54, 1.807) is 7.05 Å². The maximum absolute atomic E-state index is 9.93. The largest absolute Gasteiger partial charge is 0.356 e. The van der Waals surface area contributed by atoms with E-state index in [1.807, 2.05) is 0 Å². The van der Waals surface area contributed by atoms with E-state index >= 15 is 0 Å². The summed E-state index contributed by atoms with van der Waals surface area (Å²) in [5, 5.41) is 9.90. The highest BCUT2D eigenvalue weighted by molar-refractivity contribution is 5.57. The van der Waals surface area contributed by atoms with Crippen LogP contribution in [-0.2, 0) is 4.79 Å². The van der Waals surface area contributed by atoms with Crippen LogP contribution in [0.4, 0.5) is 5.95 Å². The number of aromatic nitrogens is 3. The summed E-state index contributed by atoms with van der Waals surface area (Å²) in [7, 11) is 1.69. The van der Waals surface area contributed by atoms with Gasteiger partial charge in [0.05, 0.1) is 0 Å². The van der Waals surface area contributed by atoms with Crippen molar-refractivity contribution in [2.45, 2.75) is 0 Å². The molecule has 0 aliphatic carbocycles. The normalized spacial score (nSPS) is 8.90. The van der Waals surface area contributed by atoms with Gasteiger partial charge in [0.25, 0.3) is 0 Å². The van der Waals surface area contributed by atoms with Crippen LogP contribution in [0.1, 0.15) is 0 Å². The van der Waals surface area contributed by atoms with Gasteiger partial charge in [0.15, 0.2) is 0 Å². The van der Waals surface area contributed by atoms with E-state index in [4.69, 9.17) is 0 Å². The summed E-state index contributed by atoms with van der Waals surface area (Å²) < 4.78 is 1.37. The first-order chi connectivity index (χ1) is 4.88. The third-order valence-corrected chi connectivity index (χ3v) is 0.963. The minimum absolute atomic E-state index is 0.493. The lowest BCUT2D eigenvalue weighted by Gasteiger charge is -2.00. The summed E-state index contributed by atoms with van der Waals surface area (Å²) >= 11 is 0. The monoisotopic (exact) mass is 141 g/mol. The van der Waals surface area contributed by atoms with E-state index in [0.717, 1.165) is 0 Å². The summed E-state index contributed by atoms with van der Waals surface area (Å²) in [5.74, 6) is 0.493. The molecule has 0 aliphatic rings. The molecule has 0 bridgehead atoms. The number of amides is 1. The Morgan fingerprint density at radius 2 is 2.60 bits per heavy atom. The summed E-state index contributed by atoms with van der Waals surface area (Å²) in [5.41, 5.74) is 2.36. The Balaban J connectivity index is 2.79. The lowest BCUT2D eigenvalue weighted by Crippen LogP contribution is -2.13. The van der Waals surface area contributed by atoms with Crippen LogP contribution in [0.15, 0.2) is 6.33 Å². The van der Waals surface area contributed by atoms with Crippen LogP contribution in [0.5, 0.6) is 0 Å². The fourth-order valence-electron chi connectivity index (χ4n) is 0.557. The maximum atomic E-state index is 9.93. The van der Waals surface area contributed by atoms with Gasteiger partial charge in [0.2, 0.25) is 12.4 Å². The fraction of sp³-hybridized carbons (Fsp3) is 0.250. The minimum atomic E-state index is 0.493. The second kappa shape index (κ2) is 2.81. The van der Waals surface area contributed by atoms with Gasteiger partial charge in [-0.15, -0.1) is 10.2 Å². The molecule has 1 aromatic rings. The topological polar surface area (TPSA) is 71.8 Å². The molecule has 1 rings (SSSR count). The van der Waals surface area contributed by atoms with Crippen molar-refractivity contribution in [1.29, 1.82) is 0 Å². The second-order valence-electron chi connectivity index (χ2n) is 1.52. The number of carbonyl (C=O) groups is 1. The van der Waals surface area contributed by atoms with Crippen LogP contribution in [0.2, 0.25) is 0 Å². The zero-order valence-electron chi connectivity index (χ0n) is 5.40. The molecule has 0 spiro atoms. The molecule has 2 N–H and O–H groups in total. The standard InChI is InChI=1S/C4H7N5O/c1-5-4-8-6-2-9(4)7-3-10/h2-3H,1H3,(H,5,8)(H,7,10). The van der Waals surface area contributed by atoms with Crippen molar-refractivity contribution in [3.05, 3.63) is 6.33 Å². The summed E-state index contributed by atoms with van der Waals surface area (Å²) in [6.07, 6.45) is 1.93. The zero-order chi connectivity index (χ0) is 7.40. The number of rotatable bonds is 3. The van der Waals surface area contributed by atoms with E-state index in [0.29, 0.717) is 12.4 Å². The van der Waals surface area contributed by atoms with Gasteiger partial charge in [-0.1, -0.05) is 0 Å². The molecule has 0 radical (unpaired) electrons. The Labute approximate surface area is 57.2 Å². The van der Waals surface area contributed by atoms with Crippen LogP contribution >= 0.6 is 0 Å². The molecule has 0 saturated heterocycles. The van der Waals surface area contributed by atoms with E-state index in [-0.39, 0.29) is 0 Å². The minimum Gasteiger partial charge on any atom is -0.356 e. The van der Waals surface area contributed by atoms with Crippen LogP contribution in [0, 0.1) is 0 Å². The Morgan fingerprint density at radius 1 is 1.80 bits per heavy atom. The molecule has 1 aromatic heterocycles. The Hall–Kier alpha value is -1.59. The third-order valence-electron chi connectivity index (χ3n) is 0.963. The molecule has 0 atom stereocenters. The predicted molar refractivity (Wildman–Crippen MR) is 35.0 cm³/mol. The second-order valence-corrected chi connectivity index (χ2v) is 1.52. The molecule has 6 heteroatoms. The third kappa shape index (κ3) is 1.04. The van der Waals surface area contributed by atoms with Crippen molar-refractivity contribution in [3.63, 3.8) is 0 Å². The molecule has 0 unspecified atom stereocenters. The van der Waals surface area contributed by atoms with Gasteiger partial charge in [-0.2, -0.15) is 0 Å². The Kier molecular flexibility index (Phi) is 1.83. The quantitative estimate of drug-likeness (QED) is 0.531. The van der Waals surface area contributed by atoms with Crippen molar-refractivity contribution >= 4 is 12.4 Å². The fourth-order valence-corrected chi connectivity index (χ4v) is 0.557. The van der Waals surface area contributed by atoms with Gasteiger partial charge in [-0.05, 0) is 0 Å². The molecule has 54 valence electrons. The average Bonchev–Trinajstić information content (AvgIpc) is 2.36. The van der Waals surface area contributed by atoms with Crippen molar-refractivity contribution < 1.29 is 4.79 Å². The van der Waals surface area contributed by atoms with Crippen LogP contribution in [0.3, 0.4) is 0 Å².